The van der Waals surface area contributed by atoms with Crippen LogP contribution in [-0.4, -0.2) is 42.8 Å². The fourth-order valence-corrected chi connectivity index (χ4v) is 1.25. The number of rotatable bonds is 7. The van der Waals surface area contributed by atoms with Gasteiger partial charge in [-0.2, -0.15) is 0 Å². The van der Waals surface area contributed by atoms with Crippen LogP contribution in [0.15, 0.2) is 0 Å². The number of hydrogen-bond donors (Lipinski definition) is 0. The Morgan fingerprint density at radius 3 is 2.36 bits per heavy atom. The van der Waals surface area contributed by atoms with E-state index >= 15 is 0 Å². The second-order valence-corrected chi connectivity index (χ2v) is 3.56. The normalized spacial score (nSPS) is 12.4. The Kier molecular flexibility index (Phi) is 7.58. The molecule has 0 aromatic carbocycles. The van der Waals surface area contributed by atoms with Gasteiger partial charge in [0.15, 0.2) is 0 Å². The van der Waals surface area contributed by atoms with E-state index in [9.17, 15) is 13.2 Å². The van der Waals surface area contributed by atoms with Gasteiger partial charge in [0.2, 0.25) is 0 Å². The molecule has 6 heteroatoms. The number of ether oxygens (including phenoxy) is 1. The lowest BCUT2D eigenvalue weighted by molar-refractivity contribution is -0.325. The van der Waals surface area contributed by atoms with Crippen molar-refractivity contribution in [3.8, 4) is 0 Å². The summed E-state index contributed by atoms with van der Waals surface area (Å²) in [5.41, 5.74) is 0. The van der Waals surface area contributed by atoms with Gasteiger partial charge in [-0.05, 0) is 19.5 Å². The number of halogens is 4. The quantitative estimate of drug-likeness (QED) is 0.664. The first-order valence-electron chi connectivity index (χ1n) is 4.48. The first-order valence-corrected chi connectivity index (χ1v) is 5.60. The molecule has 0 unspecified atom stereocenters. The summed E-state index contributed by atoms with van der Waals surface area (Å²) in [7, 11) is 0. The Labute approximate surface area is 90.5 Å². The summed E-state index contributed by atoms with van der Waals surface area (Å²) in [6.45, 7) is 3.49. The fraction of sp³-hybridized carbons (Fsp3) is 1.00. The smallest absolute Gasteiger partial charge is 0.301 e. The van der Waals surface area contributed by atoms with Crippen molar-refractivity contribution >= 4 is 15.9 Å². The van der Waals surface area contributed by atoms with Gasteiger partial charge in [-0.3, -0.25) is 4.74 Å². The highest BCUT2D eigenvalue weighted by Crippen LogP contribution is 2.15. The predicted molar refractivity (Wildman–Crippen MR) is 52.5 cm³/mol. The van der Waals surface area contributed by atoms with Crippen molar-refractivity contribution in [3.05, 3.63) is 0 Å². The third-order valence-corrected chi connectivity index (χ3v) is 2.29. The molecule has 0 heterocycles. The van der Waals surface area contributed by atoms with Crippen molar-refractivity contribution in [3.63, 3.8) is 0 Å². The van der Waals surface area contributed by atoms with Crippen LogP contribution in [0.1, 0.15) is 13.3 Å². The standard InChI is InChI=1S/C8H15BrF3NO/c1-2-13(5-3-4-9)6-7-14-8(10,11)12/h2-7H2,1H3. The SMILES string of the molecule is CCN(CCCBr)CCOC(F)(F)F. The van der Waals surface area contributed by atoms with E-state index in [0.717, 1.165) is 24.8 Å². The number of hydrogen-bond acceptors (Lipinski definition) is 2. The molecule has 0 N–H and O–H groups in total. The summed E-state index contributed by atoms with van der Waals surface area (Å²) in [5, 5.41) is 0.865. The molecule has 0 rings (SSSR count). The van der Waals surface area contributed by atoms with Crippen LogP contribution in [0.5, 0.6) is 0 Å². The zero-order valence-corrected chi connectivity index (χ0v) is 9.70. The van der Waals surface area contributed by atoms with Gasteiger partial charge in [0.1, 0.15) is 0 Å². The summed E-state index contributed by atoms with van der Waals surface area (Å²) in [4.78, 5) is 1.92. The predicted octanol–water partition coefficient (Wildman–Crippen LogP) is 2.63. The molecule has 0 saturated heterocycles. The van der Waals surface area contributed by atoms with Crippen molar-refractivity contribution in [1.29, 1.82) is 0 Å². The van der Waals surface area contributed by atoms with Gasteiger partial charge in [0.05, 0.1) is 6.61 Å². The van der Waals surface area contributed by atoms with Gasteiger partial charge >= 0.3 is 6.36 Å². The molecule has 0 aliphatic heterocycles. The van der Waals surface area contributed by atoms with Gasteiger partial charge in [0.25, 0.3) is 0 Å². The molecule has 0 saturated carbocycles. The van der Waals surface area contributed by atoms with Crippen LogP contribution in [-0.2, 0) is 4.74 Å². The molecule has 0 radical (unpaired) electrons. The molecule has 0 spiro atoms. The minimum absolute atomic E-state index is 0.292. The maximum absolute atomic E-state index is 11.6. The lowest BCUT2D eigenvalue weighted by Gasteiger charge is -2.19. The highest BCUT2D eigenvalue weighted by molar-refractivity contribution is 9.09. The van der Waals surface area contributed by atoms with E-state index < -0.39 is 6.36 Å². The molecule has 0 amide bonds. The lowest BCUT2D eigenvalue weighted by atomic mass is 10.4. The minimum Gasteiger partial charge on any atom is -0.301 e. The molecule has 0 aromatic rings. The maximum atomic E-state index is 11.6. The largest absolute Gasteiger partial charge is 0.522 e. The van der Waals surface area contributed by atoms with E-state index in [2.05, 4.69) is 20.7 Å². The summed E-state index contributed by atoms with van der Waals surface area (Å²) in [6.07, 6.45) is -3.57. The number of alkyl halides is 4. The first-order chi connectivity index (χ1) is 6.49. The van der Waals surface area contributed by atoms with Gasteiger partial charge in [0, 0.05) is 11.9 Å². The number of nitrogens with zero attached hydrogens (tertiary/aromatic N) is 1. The van der Waals surface area contributed by atoms with Gasteiger partial charge < -0.3 is 4.90 Å². The van der Waals surface area contributed by atoms with Crippen LogP contribution in [0, 0.1) is 0 Å². The average molecular weight is 278 g/mol. The Balaban J connectivity index is 3.52. The lowest BCUT2D eigenvalue weighted by Crippen LogP contribution is -2.30. The van der Waals surface area contributed by atoms with E-state index in [1.165, 1.54) is 0 Å². The van der Waals surface area contributed by atoms with E-state index in [0.29, 0.717) is 6.54 Å². The minimum atomic E-state index is -4.51. The average Bonchev–Trinajstić information content (AvgIpc) is 2.09. The Morgan fingerprint density at radius 2 is 1.93 bits per heavy atom. The fourth-order valence-electron chi connectivity index (χ4n) is 1.00. The summed E-state index contributed by atoms with van der Waals surface area (Å²) >= 11 is 3.27. The first kappa shape index (κ1) is 14.2. The zero-order chi connectivity index (χ0) is 11.0. The zero-order valence-electron chi connectivity index (χ0n) is 8.11. The summed E-state index contributed by atoms with van der Waals surface area (Å²) in [5.74, 6) is 0. The summed E-state index contributed by atoms with van der Waals surface area (Å²) in [6, 6.07) is 0. The molecule has 0 aliphatic rings. The van der Waals surface area contributed by atoms with Crippen LogP contribution in [0.3, 0.4) is 0 Å². The van der Waals surface area contributed by atoms with Crippen molar-refractivity contribution in [2.24, 2.45) is 0 Å². The molecule has 14 heavy (non-hydrogen) atoms. The molecule has 0 fully saturated rings. The van der Waals surface area contributed by atoms with E-state index in [-0.39, 0.29) is 6.61 Å². The highest BCUT2D eigenvalue weighted by Gasteiger charge is 2.28. The molecule has 2 nitrogen and oxygen atoms in total. The van der Waals surface area contributed by atoms with E-state index in [1.54, 1.807) is 0 Å². The third-order valence-electron chi connectivity index (χ3n) is 1.73. The van der Waals surface area contributed by atoms with Crippen LogP contribution < -0.4 is 0 Å². The molecule has 86 valence electrons. The van der Waals surface area contributed by atoms with Gasteiger partial charge in [-0.1, -0.05) is 22.9 Å². The number of likely N-dealkylation sites (N-methyl/N-ethyl adjacent to an activating group) is 1. The van der Waals surface area contributed by atoms with Crippen molar-refractivity contribution in [2.75, 3.05) is 31.6 Å². The second-order valence-electron chi connectivity index (χ2n) is 2.77. The van der Waals surface area contributed by atoms with Crippen LogP contribution in [0.2, 0.25) is 0 Å². The molecular formula is C8H15BrF3NO. The van der Waals surface area contributed by atoms with E-state index in [1.807, 2.05) is 11.8 Å². The summed E-state index contributed by atoms with van der Waals surface area (Å²) < 4.78 is 38.5. The Hall–Kier alpha value is 0.190. The van der Waals surface area contributed by atoms with Crippen molar-refractivity contribution in [1.82, 2.24) is 4.90 Å². The van der Waals surface area contributed by atoms with Crippen molar-refractivity contribution < 1.29 is 17.9 Å². The Bertz CT molecular complexity index is 143. The van der Waals surface area contributed by atoms with Crippen molar-refractivity contribution in [2.45, 2.75) is 19.7 Å². The second kappa shape index (κ2) is 7.48. The molecular weight excluding hydrogens is 263 g/mol. The highest BCUT2D eigenvalue weighted by atomic mass is 79.9. The monoisotopic (exact) mass is 277 g/mol. The van der Waals surface area contributed by atoms with Gasteiger partial charge in [-0.25, -0.2) is 0 Å². The molecule has 0 bridgehead atoms. The third kappa shape index (κ3) is 8.77. The molecule has 0 atom stereocenters. The van der Waals surface area contributed by atoms with E-state index in [4.69, 9.17) is 0 Å². The Morgan fingerprint density at radius 1 is 1.29 bits per heavy atom. The molecule has 0 aromatic heterocycles. The van der Waals surface area contributed by atoms with Crippen LogP contribution in [0.25, 0.3) is 0 Å². The maximum Gasteiger partial charge on any atom is 0.522 e. The van der Waals surface area contributed by atoms with Gasteiger partial charge in [-0.15, -0.1) is 13.2 Å². The van der Waals surface area contributed by atoms with Crippen LogP contribution in [0.4, 0.5) is 13.2 Å². The molecule has 0 aliphatic carbocycles. The van der Waals surface area contributed by atoms with Crippen LogP contribution >= 0.6 is 15.9 Å². The topological polar surface area (TPSA) is 12.5 Å².